The largest absolute Gasteiger partial charge is 0.491 e. The van der Waals surface area contributed by atoms with E-state index in [1.54, 1.807) is 0 Å². The highest BCUT2D eigenvalue weighted by atomic mass is 16.5. The molecule has 0 aliphatic heterocycles. The van der Waals surface area contributed by atoms with E-state index in [0.29, 0.717) is 19.3 Å². The van der Waals surface area contributed by atoms with Crippen molar-refractivity contribution >= 4 is 0 Å². The van der Waals surface area contributed by atoms with Gasteiger partial charge in [0.15, 0.2) is 0 Å². The lowest BCUT2D eigenvalue weighted by molar-refractivity contribution is 0.0552. The lowest BCUT2D eigenvalue weighted by atomic mass is 9.87. The Kier molecular flexibility index (Phi) is 5.86. The van der Waals surface area contributed by atoms with Crippen LogP contribution in [0.2, 0.25) is 0 Å². The molecule has 112 valence electrons. The van der Waals surface area contributed by atoms with E-state index in [4.69, 9.17) is 9.47 Å². The summed E-state index contributed by atoms with van der Waals surface area (Å²) in [5.41, 5.74) is 2.88. The number of fused-ring (bicyclic) bond motifs is 1. The molecule has 0 saturated heterocycles. The fraction of sp³-hybridized carbons (Fsp3) is 0.647. The van der Waals surface area contributed by atoms with Gasteiger partial charge in [-0.05, 0) is 62.9 Å². The lowest BCUT2D eigenvalue weighted by Crippen LogP contribution is -2.25. The molecule has 20 heavy (non-hydrogen) atoms. The maximum Gasteiger partial charge on any atom is 0.119 e. The first-order valence-corrected chi connectivity index (χ1v) is 7.81. The Balaban J connectivity index is 1.96. The molecule has 0 bridgehead atoms. The van der Waals surface area contributed by atoms with Gasteiger partial charge in [0.1, 0.15) is 12.4 Å². The normalized spacial score (nSPS) is 18.1. The molecular weight excluding hydrogens is 250 g/mol. The Labute approximate surface area is 122 Å². The summed E-state index contributed by atoms with van der Waals surface area (Å²) >= 11 is 0. The third-order valence-electron chi connectivity index (χ3n) is 3.69. The average molecular weight is 277 g/mol. The fourth-order valence-corrected chi connectivity index (χ4v) is 2.77. The van der Waals surface area contributed by atoms with E-state index in [1.807, 2.05) is 13.8 Å². The molecular formula is C17H27NO2. The number of ether oxygens (including phenoxy) is 2. The SMILES string of the molecule is CCNC1CCCc2ccc(OCCOC(C)C)cc21. The van der Waals surface area contributed by atoms with Crippen molar-refractivity contribution in [1.29, 1.82) is 0 Å². The number of benzene rings is 1. The van der Waals surface area contributed by atoms with Crippen LogP contribution in [0.5, 0.6) is 5.75 Å². The molecule has 1 aliphatic rings. The molecule has 0 radical (unpaired) electrons. The summed E-state index contributed by atoms with van der Waals surface area (Å²) < 4.78 is 11.3. The van der Waals surface area contributed by atoms with Crippen LogP contribution in [0.1, 0.15) is 50.8 Å². The third kappa shape index (κ3) is 4.22. The second-order valence-electron chi connectivity index (χ2n) is 5.63. The monoisotopic (exact) mass is 277 g/mol. The van der Waals surface area contributed by atoms with Crippen molar-refractivity contribution in [2.45, 2.75) is 52.2 Å². The lowest BCUT2D eigenvalue weighted by Gasteiger charge is -2.26. The van der Waals surface area contributed by atoms with Gasteiger partial charge >= 0.3 is 0 Å². The number of hydrogen-bond acceptors (Lipinski definition) is 3. The van der Waals surface area contributed by atoms with Crippen molar-refractivity contribution in [2.75, 3.05) is 19.8 Å². The quantitative estimate of drug-likeness (QED) is 0.774. The van der Waals surface area contributed by atoms with Gasteiger partial charge in [-0.15, -0.1) is 0 Å². The molecule has 1 atom stereocenters. The Bertz CT molecular complexity index is 417. The van der Waals surface area contributed by atoms with E-state index < -0.39 is 0 Å². The molecule has 3 heteroatoms. The molecule has 0 aromatic heterocycles. The first kappa shape index (κ1) is 15.3. The van der Waals surface area contributed by atoms with Crippen molar-refractivity contribution in [3.05, 3.63) is 29.3 Å². The van der Waals surface area contributed by atoms with Crippen LogP contribution in [-0.4, -0.2) is 25.9 Å². The minimum atomic E-state index is 0.264. The summed E-state index contributed by atoms with van der Waals surface area (Å²) in [6, 6.07) is 7.00. The molecule has 0 spiro atoms. The minimum Gasteiger partial charge on any atom is -0.491 e. The second-order valence-corrected chi connectivity index (χ2v) is 5.63. The third-order valence-corrected chi connectivity index (χ3v) is 3.69. The van der Waals surface area contributed by atoms with Gasteiger partial charge in [0.2, 0.25) is 0 Å². The van der Waals surface area contributed by atoms with Gasteiger partial charge in [0, 0.05) is 6.04 Å². The molecule has 1 N–H and O–H groups in total. The fourth-order valence-electron chi connectivity index (χ4n) is 2.77. The number of aryl methyl sites for hydroxylation is 1. The Morgan fingerprint density at radius 2 is 2.15 bits per heavy atom. The van der Waals surface area contributed by atoms with Gasteiger partial charge in [-0.2, -0.15) is 0 Å². The van der Waals surface area contributed by atoms with E-state index in [-0.39, 0.29) is 6.10 Å². The number of nitrogens with one attached hydrogen (secondary N) is 1. The predicted octanol–water partition coefficient (Wildman–Crippen LogP) is 3.48. The molecule has 0 saturated carbocycles. The number of hydrogen-bond donors (Lipinski definition) is 1. The summed E-state index contributed by atoms with van der Waals surface area (Å²) in [7, 11) is 0. The predicted molar refractivity (Wildman–Crippen MR) is 82.4 cm³/mol. The van der Waals surface area contributed by atoms with Crippen LogP contribution in [0.25, 0.3) is 0 Å². The van der Waals surface area contributed by atoms with Crippen molar-refractivity contribution in [3.63, 3.8) is 0 Å². The summed E-state index contributed by atoms with van der Waals surface area (Å²) in [4.78, 5) is 0. The van der Waals surface area contributed by atoms with Crippen molar-refractivity contribution in [3.8, 4) is 5.75 Å². The van der Waals surface area contributed by atoms with E-state index in [1.165, 1.54) is 30.4 Å². The summed E-state index contributed by atoms with van der Waals surface area (Å²) in [6.45, 7) is 8.52. The van der Waals surface area contributed by atoms with Crippen molar-refractivity contribution < 1.29 is 9.47 Å². The second kappa shape index (κ2) is 7.65. The molecule has 3 nitrogen and oxygen atoms in total. The van der Waals surface area contributed by atoms with Gasteiger partial charge in [-0.1, -0.05) is 13.0 Å². The van der Waals surface area contributed by atoms with E-state index in [9.17, 15) is 0 Å². The van der Waals surface area contributed by atoms with E-state index >= 15 is 0 Å². The minimum absolute atomic E-state index is 0.264. The van der Waals surface area contributed by atoms with Gasteiger partial charge in [-0.25, -0.2) is 0 Å². The molecule has 2 rings (SSSR count). The summed E-state index contributed by atoms with van der Waals surface area (Å²) in [5, 5.41) is 3.57. The van der Waals surface area contributed by atoms with Crippen molar-refractivity contribution in [1.82, 2.24) is 5.32 Å². The maximum atomic E-state index is 5.80. The Hall–Kier alpha value is -1.06. The Morgan fingerprint density at radius 1 is 1.30 bits per heavy atom. The van der Waals surface area contributed by atoms with Crippen LogP contribution >= 0.6 is 0 Å². The van der Waals surface area contributed by atoms with Crippen LogP contribution in [-0.2, 0) is 11.2 Å². The van der Waals surface area contributed by atoms with Gasteiger partial charge < -0.3 is 14.8 Å². The molecule has 1 aromatic carbocycles. The summed E-state index contributed by atoms with van der Waals surface area (Å²) in [6.07, 6.45) is 3.95. The topological polar surface area (TPSA) is 30.5 Å². The van der Waals surface area contributed by atoms with Crippen LogP contribution in [0.4, 0.5) is 0 Å². The molecule has 1 unspecified atom stereocenters. The first-order valence-electron chi connectivity index (χ1n) is 7.81. The zero-order valence-corrected chi connectivity index (χ0v) is 12.9. The van der Waals surface area contributed by atoms with Gasteiger partial charge in [0.25, 0.3) is 0 Å². The zero-order chi connectivity index (χ0) is 14.4. The van der Waals surface area contributed by atoms with Crippen LogP contribution < -0.4 is 10.1 Å². The molecule has 0 fully saturated rings. The van der Waals surface area contributed by atoms with E-state index in [0.717, 1.165) is 12.3 Å². The summed E-state index contributed by atoms with van der Waals surface area (Å²) in [5.74, 6) is 0.959. The standard InChI is InChI=1S/C17H27NO2/c1-4-18-17-7-5-6-14-8-9-15(12-16(14)17)20-11-10-19-13(2)3/h8-9,12-13,17-18H,4-7,10-11H2,1-3H3. The van der Waals surface area contributed by atoms with E-state index in [2.05, 4.69) is 30.4 Å². The first-order chi connectivity index (χ1) is 9.70. The molecule has 1 aliphatic carbocycles. The van der Waals surface area contributed by atoms with Gasteiger partial charge in [0.05, 0.1) is 12.7 Å². The van der Waals surface area contributed by atoms with Crippen LogP contribution in [0.3, 0.4) is 0 Å². The average Bonchev–Trinajstić information content (AvgIpc) is 2.44. The molecule has 0 amide bonds. The van der Waals surface area contributed by atoms with Crippen LogP contribution in [0, 0.1) is 0 Å². The smallest absolute Gasteiger partial charge is 0.119 e. The highest BCUT2D eigenvalue weighted by molar-refractivity contribution is 5.39. The zero-order valence-electron chi connectivity index (χ0n) is 12.9. The highest BCUT2D eigenvalue weighted by Gasteiger charge is 2.19. The maximum absolute atomic E-state index is 5.80. The Morgan fingerprint density at radius 3 is 2.90 bits per heavy atom. The van der Waals surface area contributed by atoms with Crippen LogP contribution in [0.15, 0.2) is 18.2 Å². The van der Waals surface area contributed by atoms with Crippen molar-refractivity contribution in [2.24, 2.45) is 0 Å². The highest BCUT2D eigenvalue weighted by Crippen LogP contribution is 2.32. The molecule has 0 heterocycles. The molecule has 1 aromatic rings. The van der Waals surface area contributed by atoms with Gasteiger partial charge in [-0.3, -0.25) is 0 Å². The number of rotatable bonds is 7.